The van der Waals surface area contributed by atoms with Crippen molar-refractivity contribution in [3.05, 3.63) is 52.5 Å². The summed E-state index contributed by atoms with van der Waals surface area (Å²) in [6, 6.07) is 13.9. The minimum Gasteiger partial charge on any atom is -0.497 e. The number of methoxy groups -OCH3 is 1. The summed E-state index contributed by atoms with van der Waals surface area (Å²) in [6.45, 7) is 4.16. The number of halogens is 1. The van der Waals surface area contributed by atoms with Crippen molar-refractivity contribution < 1.29 is 9.47 Å². The second-order valence-corrected chi connectivity index (χ2v) is 7.95. The van der Waals surface area contributed by atoms with Gasteiger partial charge >= 0.3 is 0 Å². The van der Waals surface area contributed by atoms with Crippen LogP contribution in [0.2, 0.25) is 0 Å². The van der Waals surface area contributed by atoms with Crippen molar-refractivity contribution in [2.24, 2.45) is 0 Å². The molecule has 1 atom stereocenters. The van der Waals surface area contributed by atoms with Gasteiger partial charge in [0.25, 0.3) is 0 Å². The Morgan fingerprint density at radius 3 is 2.64 bits per heavy atom. The molecule has 25 heavy (non-hydrogen) atoms. The van der Waals surface area contributed by atoms with Crippen LogP contribution >= 0.6 is 28.1 Å². The molecule has 1 aliphatic heterocycles. The first-order valence-electron chi connectivity index (χ1n) is 8.06. The molecule has 2 aromatic carbocycles. The lowest BCUT2D eigenvalue weighted by Gasteiger charge is -2.38. The fourth-order valence-corrected chi connectivity index (χ4v) is 3.47. The number of nitrogens with one attached hydrogen (secondary N) is 2. The molecule has 0 aliphatic carbocycles. The van der Waals surface area contributed by atoms with Crippen LogP contribution in [0, 0.1) is 0 Å². The van der Waals surface area contributed by atoms with Crippen LogP contribution in [0.1, 0.15) is 31.9 Å². The lowest BCUT2D eigenvalue weighted by atomic mass is 9.89. The van der Waals surface area contributed by atoms with E-state index in [1.54, 1.807) is 7.11 Å². The van der Waals surface area contributed by atoms with Gasteiger partial charge in [0, 0.05) is 28.2 Å². The van der Waals surface area contributed by atoms with Crippen LogP contribution in [0.15, 0.2) is 46.9 Å². The maximum atomic E-state index is 6.12. The summed E-state index contributed by atoms with van der Waals surface area (Å²) in [7, 11) is 1.66. The molecule has 2 N–H and O–H groups in total. The average Bonchev–Trinajstić information content (AvgIpc) is 2.55. The molecule has 0 saturated carbocycles. The zero-order chi connectivity index (χ0) is 18.0. The highest BCUT2D eigenvalue weighted by atomic mass is 79.9. The Labute approximate surface area is 162 Å². The molecule has 1 heterocycles. The maximum Gasteiger partial charge on any atom is 0.171 e. The molecule has 6 heteroatoms. The number of ether oxygens (including phenoxy) is 2. The van der Waals surface area contributed by atoms with Gasteiger partial charge in [-0.05, 0) is 62.5 Å². The molecule has 0 amide bonds. The summed E-state index contributed by atoms with van der Waals surface area (Å²) in [6.07, 6.45) is 0.814. The van der Waals surface area contributed by atoms with E-state index in [0.29, 0.717) is 5.11 Å². The third-order valence-corrected chi connectivity index (χ3v) is 4.83. The van der Waals surface area contributed by atoms with Gasteiger partial charge in [0.05, 0.1) is 13.2 Å². The molecular formula is C19H21BrN2O2S. The van der Waals surface area contributed by atoms with Gasteiger partial charge in [0.15, 0.2) is 5.11 Å². The van der Waals surface area contributed by atoms with E-state index in [1.165, 1.54) is 0 Å². The fraction of sp³-hybridized carbons (Fsp3) is 0.316. The van der Waals surface area contributed by atoms with E-state index in [9.17, 15) is 0 Å². The zero-order valence-electron chi connectivity index (χ0n) is 14.4. The second-order valence-electron chi connectivity index (χ2n) is 6.63. The first-order chi connectivity index (χ1) is 11.9. The molecule has 0 fully saturated rings. The van der Waals surface area contributed by atoms with Gasteiger partial charge in [-0.25, -0.2) is 0 Å². The lowest BCUT2D eigenvalue weighted by Crippen LogP contribution is -2.42. The van der Waals surface area contributed by atoms with E-state index in [2.05, 4.69) is 40.4 Å². The van der Waals surface area contributed by atoms with Crippen molar-refractivity contribution in [2.75, 3.05) is 12.4 Å². The van der Waals surface area contributed by atoms with Gasteiger partial charge in [-0.1, -0.05) is 15.9 Å². The Kier molecular flexibility index (Phi) is 5.20. The number of rotatable bonds is 3. The molecule has 0 saturated heterocycles. The summed E-state index contributed by atoms with van der Waals surface area (Å²) < 4.78 is 12.5. The number of hydrogen-bond donors (Lipinski definition) is 2. The van der Waals surface area contributed by atoms with E-state index in [-0.39, 0.29) is 11.6 Å². The first kappa shape index (κ1) is 18.0. The SMILES string of the molecule is COc1ccc2c(c1)OC(C)(C)CC2NC(=S)Nc1ccc(Br)cc1. The molecule has 2 aromatic rings. The molecule has 0 radical (unpaired) electrons. The van der Waals surface area contributed by atoms with Crippen molar-refractivity contribution in [3.63, 3.8) is 0 Å². The number of thiocarbonyl (C=S) groups is 1. The highest BCUT2D eigenvalue weighted by Gasteiger charge is 2.34. The summed E-state index contributed by atoms with van der Waals surface area (Å²) in [4.78, 5) is 0. The summed E-state index contributed by atoms with van der Waals surface area (Å²) in [5.74, 6) is 1.62. The monoisotopic (exact) mass is 420 g/mol. The number of hydrogen-bond acceptors (Lipinski definition) is 3. The first-order valence-corrected chi connectivity index (χ1v) is 9.26. The van der Waals surface area contributed by atoms with Crippen molar-refractivity contribution in [2.45, 2.75) is 31.9 Å². The Balaban J connectivity index is 1.77. The standard InChI is InChI=1S/C19H21BrN2O2S/c1-19(2)11-16(15-9-8-14(23-3)10-17(15)24-19)22-18(25)21-13-6-4-12(20)5-7-13/h4-10,16H,11H2,1-3H3,(H2,21,22,25). The summed E-state index contributed by atoms with van der Waals surface area (Å²) in [5.41, 5.74) is 1.74. The van der Waals surface area contributed by atoms with Crippen molar-refractivity contribution in [3.8, 4) is 11.5 Å². The minimum atomic E-state index is -0.287. The third-order valence-electron chi connectivity index (χ3n) is 4.09. The normalized spacial score (nSPS) is 17.8. The molecule has 132 valence electrons. The molecule has 3 rings (SSSR count). The Hall–Kier alpha value is -1.79. The zero-order valence-corrected chi connectivity index (χ0v) is 16.8. The number of fused-ring (bicyclic) bond motifs is 1. The molecule has 0 aromatic heterocycles. The van der Waals surface area contributed by atoms with Gasteiger partial charge in [-0.3, -0.25) is 0 Å². The molecule has 1 unspecified atom stereocenters. The number of benzene rings is 2. The summed E-state index contributed by atoms with van der Waals surface area (Å²) in [5, 5.41) is 7.24. The van der Waals surface area contributed by atoms with E-state index >= 15 is 0 Å². The highest BCUT2D eigenvalue weighted by molar-refractivity contribution is 9.10. The van der Waals surface area contributed by atoms with Crippen LogP contribution in [0.3, 0.4) is 0 Å². The largest absolute Gasteiger partial charge is 0.497 e. The van der Waals surface area contributed by atoms with Crippen LogP contribution < -0.4 is 20.1 Å². The molecular weight excluding hydrogens is 400 g/mol. The quantitative estimate of drug-likeness (QED) is 0.680. The minimum absolute atomic E-state index is 0.0695. The van der Waals surface area contributed by atoms with Gasteiger partial charge in [0.1, 0.15) is 17.1 Å². The smallest absolute Gasteiger partial charge is 0.171 e. The Bertz CT molecular complexity index is 777. The van der Waals surface area contributed by atoms with Crippen molar-refractivity contribution in [1.29, 1.82) is 0 Å². The van der Waals surface area contributed by atoms with E-state index < -0.39 is 0 Å². The predicted octanol–water partition coefficient (Wildman–Crippen LogP) is 5.05. The molecule has 1 aliphatic rings. The Morgan fingerprint density at radius 1 is 1.24 bits per heavy atom. The maximum absolute atomic E-state index is 6.12. The van der Waals surface area contributed by atoms with E-state index in [0.717, 1.165) is 33.6 Å². The Morgan fingerprint density at radius 2 is 1.96 bits per heavy atom. The van der Waals surface area contributed by atoms with Gasteiger partial charge in [0.2, 0.25) is 0 Å². The molecule has 0 bridgehead atoms. The molecule has 4 nitrogen and oxygen atoms in total. The second kappa shape index (κ2) is 7.22. The van der Waals surface area contributed by atoms with Crippen LogP contribution in [0.25, 0.3) is 0 Å². The topological polar surface area (TPSA) is 42.5 Å². The van der Waals surface area contributed by atoms with Crippen molar-refractivity contribution in [1.82, 2.24) is 5.32 Å². The van der Waals surface area contributed by atoms with Crippen LogP contribution in [0.5, 0.6) is 11.5 Å². The van der Waals surface area contributed by atoms with Crippen molar-refractivity contribution >= 4 is 38.9 Å². The van der Waals surface area contributed by atoms with Gasteiger partial charge < -0.3 is 20.1 Å². The van der Waals surface area contributed by atoms with Crippen LogP contribution in [0.4, 0.5) is 5.69 Å². The average molecular weight is 421 g/mol. The fourth-order valence-electron chi connectivity index (χ4n) is 2.95. The highest BCUT2D eigenvalue weighted by Crippen LogP contribution is 2.41. The number of anilines is 1. The van der Waals surface area contributed by atoms with E-state index in [4.69, 9.17) is 21.7 Å². The van der Waals surface area contributed by atoms with E-state index in [1.807, 2.05) is 42.5 Å². The predicted molar refractivity (Wildman–Crippen MR) is 109 cm³/mol. The van der Waals surface area contributed by atoms with Gasteiger partial charge in [-0.2, -0.15) is 0 Å². The van der Waals surface area contributed by atoms with Crippen LogP contribution in [-0.4, -0.2) is 17.8 Å². The lowest BCUT2D eigenvalue weighted by molar-refractivity contribution is 0.0693. The molecule has 0 spiro atoms. The van der Waals surface area contributed by atoms with Crippen LogP contribution in [-0.2, 0) is 0 Å². The third kappa shape index (κ3) is 4.44. The van der Waals surface area contributed by atoms with Gasteiger partial charge in [-0.15, -0.1) is 0 Å². The summed E-state index contributed by atoms with van der Waals surface area (Å²) >= 11 is 8.94.